The standard InChI is InChI=1S/C33H26FO2S3/c34-31-23-25(33(36)24-11-14-26(15-12-24)37-22-21-35)13-20-32(31)38-27-16-18-30(19-17-27)39(28-7-3-1-4-8-28)29-9-5-2-6-10-29/h1-20,23,35H,21-22H2/q+1. The van der Waals surface area contributed by atoms with E-state index in [1.165, 1.54) is 44.3 Å². The Balaban J connectivity index is 1.31. The van der Waals surface area contributed by atoms with Crippen molar-refractivity contribution in [2.75, 3.05) is 12.4 Å². The van der Waals surface area contributed by atoms with Crippen LogP contribution in [0.5, 0.6) is 0 Å². The van der Waals surface area contributed by atoms with Gasteiger partial charge >= 0.3 is 0 Å². The summed E-state index contributed by atoms with van der Waals surface area (Å²) in [5, 5.41) is 8.97. The van der Waals surface area contributed by atoms with Crippen LogP contribution in [0.3, 0.4) is 0 Å². The van der Waals surface area contributed by atoms with E-state index < -0.39 is 5.82 Å². The second-order valence-electron chi connectivity index (χ2n) is 8.58. The van der Waals surface area contributed by atoms with Crippen molar-refractivity contribution in [3.05, 3.63) is 144 Å². The molecule has 194 valence electrons. The van der Waals surface area contributed by atoms with Crippen LogP contribution >= 0.6 is 23.5 Å². The maximum atomic E-state index is 15.1. The molecule has 5 aromatic rings. The topological polar surface area (TPSA) is 37.3 Å². The molecule has 0 aliphatic rings. The lowest BCUT2D eigenvalue weighted by Crippen LogP contribution is -2.04. The van der Waals surface area contributed by atoms with Crippen LogP contribution in [0.1, 0.15) is 15.9 Å². The molecule has 0 bridgehead atoms. The van der Waals surface area contributed by atoms with Gasteiger partial charge in [-0.25, -0.2) is 4.39 Å². The third-order valence-corrected chi connectivity index (χ3v) is 10.2. The molecule has 0 heterocycles. The molecule has 5 rings (SSSR count). The van der Waals surface area contributed by atoms with Gasteiger partial charge in [-0.1, -0.05) is 48.2 Å². The van der Waals surface area contributed by atoms with E-state index in [1.807, 2.05) is 36.4 Å². The van der Waals surface area contributed by atoms with Crippen LogP contribution in [-0.2, 0) is 10.9 Å². The van der Waals surface area contributed by atoms with E-state index in [-0.39, 0.29) is 23.3 Å². The maximum absolute atomic E-state index is 15.1. The summed E-state index contributed by atoms with van der Waals surface area (Å²) in [5.41, 5.74) is 0.823. The number of benzene rings is 5. The van der Waals surface area contributed by atoms with Gasteiger partial charge in [0.15, 0.2) is 20.5 Å². The number of hydrogen-bond donors (Lipinski definition) is 1. The summed E-state index contributed by atoms with van der Waals surface area (Å²) in [6.07, 6.45) is 0. The van der Waals surface area contributed by atoms with Crippen LogP contribution in [0.15, 0.2) is 157 Å². The zero-order chi connectivity index (χ0) is 27.0. The molecule has 0 saturated carbocycles. The molecule has 0 unspecified atom stereocenters. The van der Waals surface area contributed by atoms with Crippen LogP contribution in [0.25, 0.3) is 0 Å². The van der Waals surface area contributed by atoms with E-state index >= 15 is 4.39 Å². The Hall–Kier alpha value is -3.29. The maximum Gasteiger partial charge on any atom is 0.193 e. The van der Waals surface area contributed by atoms with Crippen LogP contribution < -0.4 is 0 Å². The first-order valence-corrected chi connectivity index (χ1v) is 15.5. The van der Waals surface area contributed by atoms with Crippen molar-refractivity contribution in [3.63, 3.8) is 0 Å². The molecular weight excluding hydrogens is 544 g/mol. The molecule has 39 heavy (non-hydrogen) atoms. The second-order valence-corrected chi connectivity index (χ2v) is 12.9. The van der Waals surface area contributed by atoms with Gasteiger partial charge in [-0.2, -0.15) is 0 Å². The molecule has 1 N–H and O–H groups in total. The van der Waals surface area contributed by atoms with Gasteiger partial charge in [0, 0.05) is 31.6 Å². The van der Waals surface area contributed by atoms with Crippen LogP contribution in [0.2, 0.25) is 0 Å². The van der Waals surface area contributed by atoms with E-state index in [4.69, 9.17) is 5.11 Å². The number of hydrogen-bond acceptors (Lipinski definition) is 4. The molecule has 0 radical (unpaired) electrons. The lowest BCUT2D eigenvalue weighted by Gasteiger charge is -2.09. The number of aliphatic hydroxyl groups excluding tert-OH is 1. The van der Waals surface area contributed by atoms with Gasteiger partial charge in [-0.15, -0.1) is 11.8 Å². The Morgan fingerprint density at radius 2 is 1.21 bits per heavy atom. The Kier molecular flexibility index (Phi) is 9.22. The van der Waals surface area contributed by atoms with E-state index in [2.05, 4.69) is 60.7 Å². The molecule has 0 saturated heterocycles. The monoisotopic (exact) mass is 569 g/mol. The summed E-state index contributed by atoms with van der Waals surface area (Å²) in [6.45, 7) is 0.0986. The number of thioether (sulfide) groups is 1. The Morgan fingerprint density at radius 3 is 1.77 bits per heavy atom. The Bertz CT molecular complexity index is 1480. The number of carbonyl (C=O) groups excluding carboxylic acids is 1. The third kappa shape index (κ3) is 6.84. The van der Waals surface area contributed by atoms with E-state index in [0.29, 0.717) is 21.8 Å². The van der Waals surface area contributed by atoms with Gasteiger partial charge < -0.3 is 5.11 Å². The van der Waals surface area contributed by atoms with Crippen molar-refractivity contribution in [1.82, 2.24) is 0 Å². The molecule has 0 aliphatic heterocycles. The molecule has 0 aliphatic carbocycles. The molecule has 0 amide bonds. The molecular formula is C33H26FO2S3+. The van der Waals surface area contributed by atoms with E-state index in [1.54, 1.807) is 24.3 Å². The molecule has 0 atom stereocenters. The summed E-state index contributed by atoms with van der Waals surface area (Å²) in [5.74, 6) is -0.0396. The Morgan fingerprint density at radius 1 is 0.667 bits per heavy atom. The number of aliphatic hydroxyl groups is 1. The van der Waals surface area contributed by atoms with Gasteiger partial charge in [-0.05, 0) is 91.0 Å². The minimum Gasteiger partial charge on any atom is -0.396 e. The van der Waals surface area contributed by atoms with Crippen molar-refractivity contribution < 1.29 is 14.3 Å². The summed E-state index contributed by atoms with van der Waals surface area (Å²) in [7, 11) is -0.237. The van der Waals surface area contributed by atoms with Crippen molar-refractivity contribution in [1.29, 1.82) is 0 Å². The molecule has 5 aromatic carbocycles. The fourth-order valence-electron chi connectivity index (χ4n) is 4.05. The minimum atomic E-state index is -0.418. The average Bonchev–Trinajstić information content (AvgIpc) is 2.99. The van der Waals surface area contributed by atoms with Crippen molar-refractivity contribution in [3.8, 4) is 0 Å². The van der Waals surface area contributed by atoms with Crippen LogP contribution in [0.4, 0.5) is 4.39 Å². The molecule has 6 heteroatoms. The first-order valence-electron chi connectivity index (χ1n) is 12.4. The summed E-state index contributed by atoms with van der Waals surface area (Å²) in [4.78, 5) is 19.0. The van der Waals surface area contributed by atoms with E-state index in [0.717, 1.165) is 9.79 Å². The van der Waals surface area contributed by atoms with Crippen LogP contribution in [-0.4, -0.2) is 23.2 Å². The highest BCUT2D eigenvalue weighted by Gasteiger charge is 2.28. The zero-order valence-electron chi connectivity index (χ0n) is 21.0. The van der Waals surface area contributed by atoms with Gasteiger partial charge in [0.2, 0.25) is 0 Å². The van der Waals surface area contributed by atoms with E-state index in [9.17, 15) is 4.79 Å². The van der Waals surface area contributed by atoms with Crippen molar-refractivity contribution in [2.24, 2.45) is 0 Å². The van der Waals surface area contributed by atoms with Crippen molar-refractivity contribution in [2.45, 2.75) is 29.4 Å². The fourth-order valence-corrected chi connectivity index (χ4v) is 7.61. The van der Waals surface area contributed by atoms with Gasteiger partial charge in [0.05, 0.1) is 17.5 Å². The largest absolute Gasteiger partial charge is 0.396 e. The third-order valence-electron chi connectivity index (χ3n) is 5.92. The van der Waals surface area contributed by atoms with Gasteiger partial charge in [-0.3, -0.25) is 4.79 Å². The van der Waals surface area contributed by atoms with Gasteiger partial charge in [0.1, 0.15) is 5.82 Å². The number of ketones is 1. The number of halogens is 1. The van der Waals surface area contributed by atoms with Crippen molar-refractivity contribution >= 4 is 40.2 Å². The predicted molar refractivity (Wildman–Crippen MR) is 160 cm³/mol. The Labute approximate surface area is 239 Å². The SMILES string of the molecule is O=C(c1ccc(SCCO)cc1)c1ccc(Sc2ccc([S+](c3ccccc3)c3ccccc3)cc2)c(F)c1. The molecule has 0 spiro atoms. The first kappa shape index (κ1) is 27.3. The van der Waals surface area contributed by atoms with Crippen LogP contribution in [0, 0.1) is 5.82 Å². The normalized spacial score (nSPS) is 11.1. The summed E-state index contributed by atoms with van der Waals surface area (Å²) < 4.78 is 15.1. The number of rotatable bonds is 10. The molecule has 0 fully saturated rings. The summed E-state index contributed by atoms with van der Waals surface area (Å²) in [6, 6.07) is 41.0. The fraction of sp³-hybridized carbons (Fsp3) is 0.0606. The zero-order valence-corrected chi connectivity index (χ0v) is 23.4. The quantitative estimate of drug-likeness (QED) is 0.104. The summed E-state index contributed by atoms with van der Waals surface area (Å²) >= 11 is 2.86. The smallest absolute Gasteiger partial charge is 0.193 e. The minimum absolute atomic E-state index is 0.0986. The second kappa shape index (κ2) is 13.2. The van der Waals surface area contributed by atoms with Gasteiger partial charge in [0.25, 0.3) is 0 Å². The lowest BCUT2D eigenvalue weighted by molar-refractivity contribution is 0.103. The molecule has 2 nitrogen and oxygen atoms in total. The predicted octanol–water partition coefficient (Wildman–Crippen LogP) is 8.39. The highest BCUT2D eigenvalue weighted by Crippen LogP contribution is 2.35. The molecule has 0 aromatic heterocycles. The highest BCUT2D eigenvalue weighted by atomic mass is 32.2. The number of carbonyl (C=O) groups is 1. The first-order chi connectivity index (χ1) is 19.1. The highest BCUT2D eigenvalue weighted by molar-refractivity contribution is 7.99. The average molecular weight is 570 g/mol. The lowest BCUT2D eigenvalue weighted by atomic mass is 10.0.